The molecule has 0 aliphatic heterocycles. The molecule has 2 rings (SSSR count). The smallest absolute Gasteiger partial charge is 0.416 e. The summed E-state index contributed by atoms with van der Waals surface area (Å²) < 4.78 is 47.7. The van der Waals surface area contributed by atoms with E-state index in [-0.39, 0.29) is 17.1 Å². The molecule has 0 radical (unpaired) electrons. The van der Waals surface area contributed by atoms with Crippen molar-refractivity contribution in [3.8, 4) is 11.5 Å². The molecule has 0 saturated heterocycles. The van der Waals surface area contributed by atoms with Crippen LogP contribution in [0.1, 0.15) is 27.2 Å². The Kier molecular flexibility index (Phi) is 5.01. The van der Waals surface area contributed by atoms with E-state index in [9.17, 15) is 27.9 Å². The summed E-state index contributed by atoms with van der Waals surface area (Å²) in [5, 5.41) is 9.70. The van der Waals surface area contributed by atoms with Crippen LogP contribution in [0.4, 0.5) is 13.2 Å². The maximum absolute atomic E-state index is 12.7. The van der Waals surface area contributed by atoms with E-state index in [2.05, 4.69) is 0 Å². The first-order chi connectivity index (χ1) is 11.6. The topological polar surface area (TPSA) is 76.7 Å². The number of hydrogen-bond donors (Lipinski definition) is 1. The SMILES string of the molecule is COc1cc(C(F)(F)F)ccc1/C=C/C(=O)c1c(O)cc(C)oc1=O. The van der Waals surface area contributed by atoms with Gasteiger partial charge < -0.3 is 14.3 Å². The second-order valence-electron chi connectivity index (χ2n) is 5.06. The first kappa shape index (κ1) is 18.3. The minimum Gasteiger partial charge on any atom is -0.507 e. The Bertz CT molecular complexity index is 894. The van der Waals surface area contributed by atoms with Crippen LogP contribution >= 0.6 is 0 Å². The van der Waals surface area contributed by atoms with Gasteiger partial charge in [-0.25, -0.2) is 4.79 Å². The van der Waals surface area contributed by atoms with Crippen LogP contribution in [0.25, 0.3) is 6.08 Å². The second kappa shape index (κ2) is 6.84. The zero-order chi connectivity index (χ0) is 18.8. The zero-order valence-corrected chi connectivity index (χ0v) is 13.2. The molecular formula is C17H13F3O5. The summed E-state index contributed by atoms with van der Waals surface area (Å²) in [6.07, 6.45) is -2.41. The molecule has 8 heteroatoms. The summed E-state index contributed by atoms with van der Waals surface area (Å²) in [5.74, 6) is -1.36. The van der Waals surface area contributed by atoms with E-state index in [4.69, 9.17) is 9.15 Å². The summed E-state index contributed by atoms with van der Waals surface area (Å²) in [5.41, 5.74) is -2.27. The van der Waals surface area contributed by atoms with Gasteiger partial charge in [-0.15, -0.1) is 0 Å². The number of ketones is 1. The minimum absolute atomic E-state index is 0.0981. The van der Waals surface area contributed by atoms with E-state index in [0.717, 1.165) is 30.3 Å². The molecule has 0 bridgehead atoms. The second-order valence-corrected chi connectivity index (χ2v) is 5.06. The molecule has 1 N–H and O–H groups in total. The van der Waals surface area contributed by atoms with Gasteiger partial charge in [0.2, 0.25) is 0 Å². The molecule has 132 valence electrons. The highest BCUT2D eigenvalue weighted by Crippen LogP contribution is 2.33. The molecule has 0 aliphatic carbocycles. The predicted molar refractivity (Wildman–Crippen MR) is 82.7 cm³/mol. The van der Waals surface area contributed by atoms with E-state index in [0.29, 0.717) is 0 Å². The molecule has 5 nitrogen and oxygen atoms in total. The summed E-state index contributed by atoms with van der Waals surface area (Å²) >= 11 is 0. The third kappa shape index (κ3) is 4.09. The van der Waals surface area contributed by atoms with Gasteiger partial charge >= 0.3 is 11.8 Å². The lowest BCUT2D eigenvalue weighted by Crippen LogP contribution is -2.13. The number of benzene rings is 1. The van der Waals surface area contributed by atoms with Gasteiger partial charge in [-0.1, -0.05) is 6.07 Å². The molecular weight excluding hydrogens is 341 g/mol. The van der Waals surface area contributed by atoms with E-state index < -0.39 is 34.5 Å². The molecule has 0 spiro atoms. The van der Waals surface area contributed by atoms with Gasteiger partial charge in [-0.05, 0) is 31.2 Å². The molecule has 1 aromatic carbocycles. The Morgan fingerprint density at radius 3 is 2.52 bits per heavy atom. The average molecular weight is 354 g/mol. The van der Waals surface area contributed by atoms with E-state index in [1.807, 2.05) is 0 Å². The van der Waals surface area contributed by atoms with Gasteiger partial charge in [0.15, 0.2) is 5.78 Å². The van der Waals surface area contributed by atoms with Crippen molar-refractivity contribution in [1.82, 2.24) is 0 Å². The number of aryl methyl sites for hydroxylation is 1. The Balaban J connectivity index is 2.37. The minimum atomic E-state index is -4.53. The molecule has 0 fully saturated rings. The molecule has 0 saturated carbocycles. The zero-order valence-electron chi connectivity index (χ0n) is 13.2. The number of carbonyl (C=O) groups is 1. The molecule has 1 heterocycles. The Morgan fingerprint density at radius 1 is 1.28 bits per heavy atom. The normalized spacial score (nSPS) is 11.7. The summed E-state index contributed by atoms with van der Waals surface area (Å²) in [6, 6.07) is 3.87. The van der Waals surface area contributed by atoms with Gasteiger partial charge in [0, 0.05) is 11.6 Å². The Morgan fingerprint density at radius 2 is 1.96 bits per heavy atom. The lowest BCUT2D eigenvalue weighted by Gasteiger charge is -2.10. The first-order valence-electron chi connectivity index (χ1n) is 6.95. The molecule has 0 aliphatic rings. The largest absolute Gasteiger partial charge is 0.507 e. The lowest BCUT2D eigenvalue weighted by molar-refractivity contribution is -0.137. The van der Waals surface area contributed by atoms with Gasteiger partial charge in [-0.2, -0.15) is 13.2 Å². The van der Waals surface area contributed by atoms with Crippen molar-refractivity contribution in [1.29, 1.82) is 0 Å². The molecule has 0 unspecified atom stereocenters. The van der Waals surface area contributed by atoms with Gasteiger partial charge in [0.05, 0.1) is 12.7 Å². The Labute approximate surface area is 140 Å². The molecule has 0 amide bonds. The number of carbonyl (C=O) groups excluding carboxylic acids is 1. The molecule has 1 aromatic heterocycles. The van der Waals surface area contributed by atoms with E-state index >= 15 is 0 Å². The highest BCUT2D eigenvalue weighted by Gasteiger charge is 2.31. The van der Waals surface area contributed by atoms with Crippen molar-refractivity contribution in [3.05, 3.63) is 63.2 Å². The van der Waals surface area contributed by atoms with Gasteiger partial charge in [0.25, 0.3) is 0 Å². The van der Waals surface area contributed by atoms with Crippen LogP contribution < -0.4 is 10.4 Å². The number of ether oxygens (including phenoxy) is 1. The predicted octanol–water partition coefficient (Wildman–Crippen LogP) is 3.58. The summed E-state index contributed by atoms with van der Waals surface area (Å²) in [6.45, 7) is 1.43. The van der Waals surface area contributed by atoms with Crippen LogP contribution in [-0.2, 0) is 6.18 Å². The van der Waals surface area contributed by atoms with Crippen molar-refractivity contribution in [3.63, 3.8) is 0 Å². The fraction of sp³-hybridized carbons (Fsp3) is 0.176. The van der Waals surface area contributed by atoms with Gasteiger partial charge in [0.1, 0.15) is 22.8 Å². The molecule has 2 aromatic rings. The first-order valence-corrected chi connectivity index (χ1v) is 6.95. The highest BCUT2D eigenvalue weighted by molar-refractivity contribution is 6.08. The fourth-order valence-electron chi connectivity index (χ4n) is 2.10. The molecule has 25 heavy (non-hydrogen) atoms. The summed E-state index contributed by atoms with van der Waals surface area (Å²) in [4.78, 5) is 23.7. The van der Waals surface area contributed by atoms with Crippen molar-refractivity contribution in [2.45, 2.75) is 13.1 Å². The van der Waals surface area contributed by atoms with Crippen LogP contribution in [0.2, 0.25) is 0 Å². The monoisotopic (exact) mass is 354 g/mol. The standard InChI is InChI=1S/C17H13F3O5/c1-9-7-13(22)15(16(23)25-9)12(21)6-4-10-3-5-11(17(18,19)20)8-14(10)24-2/h3-8,22H,1-2H3/b6-4+. The molecule has 0 atom stereocenters. The van der Waals surface area contributed by atoms with Crippen molar-refractivity contribution in [2.75, 3.05) is 7.11 Å². The van der Waals surface area contributed by atoms with E-state index in [1.165, 1.54) is 20.1 Å². The van der Waals surface area contributed by atoms with Gasteiger partial charge in [-0.3, -0.25) is 4.79 Å². The van der Waals surface area contributed by atoms with Crippen LogP contribution in [0.5, 0.6) is 11.5 Å². The van der Waals surface area contributed by atoms with Crippen molar-refractivity contribution >= 4 is 11.9 Å². The average Bonchev–Trinajstić information content (AvgIpc) is 2.50. The third-order valence-electron chi connectivity index (χ3n) is 3.28. The van der Waals surface area contributed by atoms with Crippen molar-refractivity contribution in [2.24, 2.45) is 0 Å². The third-order valence-corrected chi connectivity index (χ3v) is 3.28. The summed E-state index contributed by atoms with van der Waals surface area (Å²) in [7, 11) is 1.19. The lowest BCUT2D eigenvalue weighted by atomic mass is 10.1. The quantitative estimate of drug-likeness (QED) is 0.671. The number of aromatic hydroxyl groups is 1. The number of rotatable bonds is 4. The Hall–Kier alpha value is -3.03. The fourth-order valence-corrected chi connectivity index (χ4v) is 2.10. The van der Waals surface area contributed by atoms with Crippen LogP contribution in [0.3, 0.4) is 0 Å². The number of alkyl halides is 3. The van der Waals surface area contributed by atoms with Crippen molar-refractivity contribution < 1.29 is 32.2 Å². The number of allylic oxidation sites excluding steroid dienone is 1. The van der Waals surface area contributed by atoms with E-state index in [1.54, 1.807) is 0 Å². The van der Waals surface area contributed by atoms with Crippen LogP contribution in [0, 0.1) is 6.92 Å². The number of halogens is 3. The highest BCUT2D eigenvalue weighted by atomic mass is 19.4. The number of hydrogen-bond acceptors (Lipinski definition) is 5. The number of methoxy groups -OCH3 is 1. The van der Waals surface area contributed by atoms with Crippen LogP contribution in [0.15, 0.2) is 39.6 Å². The van der Waals surface area contributed by atoms with Crippen LogP contribution in [-0.4, -0.2) is 18.0 Å². The maximum Gasteiger partial charge on any atom is 0.416 e. The maximum atomic E-state index is 12.7.